The summed E-state index contributed by atoms with van der Waals surface area (Å²) in [5.74, 6) is 0.352. The highest BCUT2D eigenvalue weighted by Gasteiger charge is 2.20. The van der Waals surface area contributed by atoms with Crippen LogP contribution in [0.1, 0.15) is 16.8 Å². The van der Waals surface area contributed by atoms with E-state index in [4.69, 9.17) is 16.3 Å². The van der Waals surface area contributed by atoms with E-state index in [9.17, 15) is 18.3 Å². The van der Waals surface area contributed by atoms with Gasteiger partial charge in [0.25, 0.3) is 0 Å². The van der Waals surface area contributed by atoms with E-state index in [0.29, 0.717) is 19.5 Å². The van der Waals surface area contributed by atoms with Crippen molar-refractivity contribution >= 4 is 45.2 Å². The molecule has 0 saturated carbocycles. The quantitative estimate of drug-likeness (QED) is 0.435. The molecule has 0 bridgehead atoms. The summed E-state index contributed by atoms with van der Waals surface area (Å²) in [5.41, 5.74) is 2.97. The van der Waals surface area contributed by atoms with Gasteiger partial charge >= 0.3 is 6.09 Å². The Morgan fingerprint density at radius 1 is 1.24 bits per heavy atom. The molecule has 0 unspecified atom stereocenters. The van der Waals surface area contributed by atoms with E-state index >= 15 is 0 Å². The number of nitrogens with one attached hydrogen (secondary N) is 2. The average molecular weight is 506 g/mol. The van der Waals surface area contributed by atoms with Crippen LogP contribution in [0, 0.1) is 0 Å². The first-order valence-corrected chi connectivity index (χ1v) is 12.2. The van der Waals surface area contributed by atoms with Gasteiger partial charge in [-0.15, -0.1) is 0 Å². The molecule has 14 heteroatoms. The summed E-state index contributed by atoms with van der Waals surface area (Å²) in [6.45, 7) is 0.638. The second-order valence-corrected chi connectivity index (χ2v) is 9.58. The Morgan fingerprint density at radius 3 is 2.79 bits per heavy atom. The van der Waals surface area contributed by atoms with Crippen LogP contribution in [0.25, 0.3) is 0 Å². The maximum Gasteiger partial charge on any atom is 0.407 e. The van der Waals surface area contributed by atoms with E-state index in [1.807, 2.05) is 18.2 Å². The summed E-state index contributed by atoms with van der Waals surface area (Å²) in [5, 5.41) is 12.4. The van der Waals surface area contributed by atoms with E-state index in [2.05, 4.69) is 30.0 Å². The number of fused-ring (bicyclic) bond motifs is 1. The number of carbonyl (C=O) groups is 1. The number of rotatable bonds is 7. The van der Waals surface area contributed by atoms with E-state index in [-0.39, 0.29) is 35.0 Å². The molecular weight excluding hydrogens is 486 g/mol. The standard InChI is InChI=1S/C20H20ClN7O5S/c1-34(31,32)27-17-16(22-5-6-23-17)11-33-18-15(21)9-24-19(26-18)25-14-3-2-13-10-28(20(29)30)7-4-12(13)8-14/h2-3,5-6,8-9H,4,7,10-11H2,1H3,(H,23,27)(H,29,30)(H,24,25,26). The number of ether oxygens (including phenoxy) is 1. The highest BCUT2D eigenvalue weighted by Crippen LogP contribution is 2.27. The minimum atomic E-state index is -3.55. The molecule has 0 saturated heterocycles. The van der Waals surface area contributed by atoms with E-state index in [0.717, 1.165) is 23.1 Å². The Hall–Kier alpha value is -3.71. The minimum Gasteiger partial charge on any atom is -0.470 e. The Morgan fingerprint density at radius 2 is 2.03 bits per heavy atom. The highest BCUT2D eigenvalue weighted by atomic mass is 35.5. The van der Waals surface area contributed by atoms with Crippen LogP contribution in [0.5, 0.6) is 5.88 Å². The first kappa shape index (κ1) is 23.4. The lowest BCUT2D eigenvalue weighted by atomic mass is 9.99. The van der Waals surface area contributed by atoms with Gasteiger partial charge in [0.1, 0.15) is 17.3 Å². The van der Waals surface area contributed by atoms with Crippen LogP contribution in [0.4, 0.5) is 22.2 Å². The molecule has 12 nitrogen and oxygen atoms in total. The summed E-state index contributed by atoms with van der Waals surface area (Å²) in [7, 11) is -3.55. The zero-order chi connectivity index (χ0) is 24.3. The number of anilines is 3. The van der Waals surface area contributed by atoms with E-state index in [1.54, 1.807) is 0 Å². The lowest BCUT2D eigenvalue weighted by Gasteiger charge is -2.26. The van der Waals surface area contributed by atoms with Crippen molar-refractivity contribution in [1.29, 1.82) is 0 Å². The van der Waals surface area contributed by atoms with Crippen molar-refractivity contribution in [3.8, 4) is 5.88 Å². The predicted octanol–water partition coefficient (Wildman–Crippen LogP) is 2.65. The first-order chi connectivity index (χ1) is 16.2. The van der Waals surface area contributed by atoms with Crippen molar-refractivity contribution in [2.75, 3.05) is 22.8 Å². The number of aromatic nitrogens is 4. The van der Waals surface area contributed by atoms with Crippen molar-refractivity contribution in [2.24, 2.45) is 0 Å². The molecule has 178 valence electrons. The molecule has 1 aliphatic heterocycles. The highest BCUT2D eigenvalue weighted by molar-refractivity contribution is 7.92. The van der Waals surface area contributed by atoms with Crippen LogP contribution in [0.3, 0.4) is 0 Å². The number of amides is 1. The molecule has 0 spiro atoms. The van der Waals surface area contributed by atoms with Gasteiger partial charge in [0, 0.05) is 31.2 Å². The van der Waals surface area contributed by atoms with Gasteiger partial charge in [-0.1, -0.05) is 17.7 Å². The Labute approximate surface area is 200 Å². The van der Waals surface area contributed by atoms with Crippen LogP contribution < -0.4 is 14.8 Å². The number of hydrogen-bond donors (Lipinski definition) is 3. The van der Waals surface area contributed by atoms with Crippen LogP contribution in [0.15, 0.2) is 36.8 Å². The lowest BCUT2D eigenvalue weighted by molar-refractivity contribution is 0.140. The number of sulfonamides is 1. The second-order valence-electron chi connectivity index (χ2n) is 7.42. The molecule has 0 radical (unpaired) electrons. The molecule has 3 heterocycles. The largest absolute Gasteiger partial charge is 0.470 e. The predicted molar refractivity (Wildman–Crippen MR) is 124 cm³/mol. The normalized spacial score (nSPS) is 13.2. The van der Waals surface area contributed by atoms with Gasteiger partial charge in [-0.2, -0.15) is 4.98 Å². The summed E-state index contributed by atoms with van der Waals surface area (Å²) in [6.07, 6.45) is 4.82. The van der Waals surface area contributed by atoms with Gasteiger partial charge in [-0.3, -0.25) is 9.71 Å². The number of benzene rings is 1. The fourth-order valence-corrected chi connectivity index (χ4v) is 3.97. The van der Waals surface area contributed by atoms with E-state index in [1.165, 1.54) is 23.5 Å². The summed E-state index contributed by atoms with van der Waals surface area (Å²) >= 11 is 6.17. The molecule has 2 aromatic heterocycles. The van der Waals surface area contributed by atoms with Crippen LogP contribution >= 0.6 is 11.6 Å². The molecular formula is C20H20ClN7O5S. The number of carboxylic acid groups (broad SMARTS) is 1. The molecule has 0 atom stereocenters. The fourth-order valence-electron chi connectivity index (χ4n) is 3.31. The Kier molecular flexibility index (Phi) is 6.65. The molecule has 1 aliphatic rings. The van der Waals surface area contributed by atoms with Gasteiger partial charge in [-0.25, -0.2) is 23.2 Å². The van der Waals surface area contributed by atoms with Crippen molar-refractivity contribution in [3.63, 3.8) is 0 Å². The third kappa shape index (κ3) is 5.80. The third-order valence-corrected chi connectivity index (χ3v) is 5.68. The van der Waals surface area contributed by atoms with Crippen molar-refractivity contribution in [3.05, 3.63) is 58.6 Å². The van der Waals surface area contributed by atoms with Crippen molar-refractivity contribution in [2.45, 2.75) is 19.6 Å². The van der Waals surface area contributed by atoms with Gasteiger partial charge in [0.15, 0.2) is 5.82 Å². The zero-order valence-electron chi connectivity index (χ0n) is 17.9. The summed E-state index contributed by atoms with van der Waals surface area (Å²) in [6, 6.07) is 5.60. The average Bonchev–Trinajstić information content (AvgIpc) is 2.79. The fraction of sp³-hybridized carbons (Fsp3) is 0.250. The SMILES string of the molecule is CS(=O)(=O)Nc1nccnc1COc1nc(Nc2ccc3c(c2)CCN(C(=O)O)C3)ncc1Cl. The van der Waals surface area contributed by atoms with Gasteiger partial charge < -0.3 is 20.1 Å². The number of hydrogen-bond acceptors (Lipinski definition) is 9. The first-order valence-electron chi connectivity index (χ1n) is 9.97. The minimum absolute atomic E-state index is 0.0454. The third-order valence-electron chi connectivity index (χ3n) is 4.86. The summed E-state index contributed by atoms with van der Waals surface area (Å²) < 4.78 is 31.0. The number of halogens is 1. The maximum atomic E-state index is 11.5. The topological polar surface area (TPSA) is 160 Å². The molecule has 34 heavy (non-hydrogen) atoms. The molecule has 3 aromatic rings. The number of nitrogens with zero attached hydrogens (tertiary/aromatic N) is 5. The summed E-state index contributed by atoms with van der Waals surface area (Å²) in [4.78, 5) is 29.1. The van der Waals surface area contributed by atoms with Crippen LogP contribution in [0.2, 0.25) is 5.02 Å². The smallest absolute Gasteiger partial charge is 0.407 e. The molecule has 3 N–H and O–H groups in total. The Bertz CT molecular complexity index is 1340. The van der Waals surface area contributed by atoms with E-state index < -0.39 is 16.1 Å². The molecule has 1 amide bonds. The molecule has 1 aromatic carbocycles. The van der Waals surface area contributed by atoms with Crippen molar-refractivity contribution in [1.82, 2.24) is 24.8 Å². The van der Waals surface area contributed by atoms with Gasteiger partial charge in [0.2, 0.25) is 21.9 Å². The lowest BCUT2D eigenvalue weighted by Crippen LogP contribution is -2.34. The van der Waals surface area contributed by atoms with Gasteiger partial charge in [0.05, 0.1) is 12.5 Å². The molecule has 0 fully saturated rings. The second kappa shape index (κ2) is 9.65. The maximum absolute atomic E-state index is 11.5. The monoisotopic (exact) mass is 505 g/mol. The zero-order valence-corrected chi connectivity index (χ0v) is 19.5. The molecule has 0 aliphatic carbocycles. The van der Waals surface area contributed by atoms with Crippen LogP contribution in [-0.2, 0) is 29.6 Å². The Balaban J connectivity index is 1.47. The van der Waals surface area contributed by atoms with Gasteiger partial charge in [-0.05, 0) is 29.7 Å². The molecule has 4 rings (SSSR count). The van der Waals surface area contributed by atoms with Crippen molar-refractivity contribution < 1.29 is 23.1 Å². The van der Waals surface area contributed by atoms with Crippen LogP contribution in [-0.4, -0.2) is 57.3 Å².